The predicted octanol–water partition coefficient (Wildman–Crippen LogP) is 5.24. The lowest BCUT2D eigenvalue weighted by molar-refractivity contribution is -0.155. The molecule has 0 amide bonds. The van der Waals surface area contributed by atoms with Crippen LogP contribution >= 0.6 is 0 Å². The first kappa shape index (κ1) is 19.5. The molecule has 0 atom stereocenters. The summed E-state index contributed by atoms with van der Waals surface area (Å²) >= 11 is 0. The first-order valence-corrected chi connectivity index (χ1v) is 12.1. The van der Waals surface area contributed by atoms with Crippen LogP contribution in [0.3, 0.4) is 0 Å². The zero-order valence-corrected chi connectivity index (χ0v) is 18.4. The first-order chi connectivity index (χ1) is 15.1. The van der Waals surface area contributed by atoms with Crippen molar-refractivity contribution in [3.63, 3.8) is 0 Å². The van der Waals surface area contributed by atoms with Gasteiger partial charge in [-0.3, -0.25) is 9.79 Å². The highest BCUT2D eigenvalue weighted by molar-refractivity contribution is 5.95. The first-order valence-electron chi connectivity index (χ1n) is 12.1. The van der Waals surface area contributed by atoms with Crippen molar-refractivity contribution in [3.05, 3.63) is 34.5 Å². The summed E-state index contributed by atoms with van der Waals surface area (Å²) in [7, 11) is 0. The summed E-state index contributed by atoms with van der Waals surface area (Å²) in [5.41, 5.74) is 7.44. The van der Waals surface area contributed by atoms with Crippen LogP contribution in [0.15, 0.2) is 17.1 Å². The van der Waals surface area contributed by atoms with Crippen LogP contribution < -0.4 is 0 Å². The van der Waals surface area contributed by atoms with Crippen LogP contribution in [-0.4, -0.2) is 35.1 Å². The molecule has 2 aliphatic carbocycles. The third-order valence-corrected chi connectivity index (χ3v) is 8.43. The van der Waals surface area contributed by atoms with Crippen molar-refractivity contribution < 1.29 is 14.6 Å². The van der Waals surface area contributed by atoms with E-state index in [9.17, 15) is 9.90 Å². The van der Waals surface area contributed by atoms with Gasteiger partial charge in [0.25, 0.3) is 0 Å². The molecule has 3 heterocycles. The highest BCUT2D eigenvalue weighted by Gasteiger charge is 2.56. The second-order valence-electron chi connectivity index (χ2n) is 10.4. The van der Waals surface area contributed by atoms with Crippen LogP contribution in [0.2, 0.25) is 0 Å². The molecule has 6 rings (SSSR count). The molecule has 2 aromatic rings. The van der Waals surface area contributed by atoms with Gasteiger partial charge in [-0.2, -0.15) is 0 Å². The number of carboxylic acids is 1. The van der Waals surface area contributed by atoms with Gasteiger partial charge in [0, 0.05) is 48.5 Å². The largest absolute Gasteiger partial charge is 0.481 e. The van der Waals surface area contributed by atoms with E-state index in [1.54, 1.807) is 11.3 Å². The molecule has 0 radical (unpaired) electrons. The maximum Gasteiger partial charge on any atom is 0.306 e. The lowest BCUT2D eigenvalue weighted by Gasteiger charge is -2.57. The van der Waals surface area contributed by atoms with Gasteiger partial charge < -0.3 is 14.4 Å². The second kappa shape index (κ2) is 7.19. The number of carboxylic acid groups (broad SMARTS) is 1. The third-order valence-electron chi connectivity index (χ3n) is 8.43. The van der Waals surface area contributed by atoms with E-state index in [-0.39, 0.29) is 5.92 Å². The Balaban J connectivity index is 1.44. The average molecular weight is 421 g/mol. The lowest BCUT2D eigenvalue weighted by atomic mass is 9.47. The molecular formula is C26H32N2O3. The minimum atomic E-state index is -0.605. The molecule has 164 valence electrons. The monoisotopic (exact) mass is 420 g/mol. The molecule has 4 aliphatic rings. The number of benzene rings is 1. The van der Waals surface area contributed by atoms with Crippen LogP contribution in [0.4, 0.5) is 0 Å². The SMILES string of the molecule is CCCn1c(C2CCOCC2)c(C2CC3(CC(C(=O)O)C3)C2)c2cc3c(cc21)C=NC3. The Morgan fingerprint density at radius 2 is 1.97 bits per heavy atom. The third kappa shape index (κ3) is 3.00. The fourth-order valence-electron chi connectivity index (χ4n) is 6.99. The van der Waals surface area contributed by atoms with E-state index in [1.165, 1.54) is 22.0 Å². The van der Waals surface area contributed by atoms with Gasteiger partial charge in [0.2, 0.25) is 0 Å². The fraction of sp³-hybridized carbons (Fsp3) is 0.615. The Labute approximate surface area is 183 Å². The van der Waals surface area contributed by atoms with Gasteiger partial charge >= 0.3 is 5.97 Å². The quantitative estimate of drug-likeness (QED) is 0.720. The minimum absolute atomic E-state index is 0.113. The van der Waals surface area contributed by atoms with E-state index in [2.05, 4.69) is 28.6 Å². The van der Waals surface area contributed by atoms with Crippen LogP contribution in [-0.2, 0) is 22.6 Å². The Bertz CT molecular complexity index is 1060. The molecule has 5 nitrogen and oxygen atoms in total. The number of fused-ring (bicyclic) bond motifs is 2. The van der Waals surface area contributed by atoms with E-state index in [0.717, 1.165) is 71.2 Å². The number of aliphatic imine (C=N–C) groups is 1. The Morgan fingerprint density at radius 3 is 2.68 bits per heavy atom. The lowest BCUT2D eigenvalue weighted by Crippen LogP contribution is -2.49. The Kier molecular flexibility index (Phi) is 4.53. The van der Waals surface area contributed by atoms with E-state index in [1.807, 2.05) is 6.21 Å². The number of aliphatic carboxylic acids is 1. The average Bonchev–Trinajstić information content (AvgIpc) is 3.28. The topological polar surface area (TPSA) is 63.8 Å². The number of hydrogen-bond donors (Lipinski definition) is 1. The van der Waals surface area contributed by atoms with Crippen molar-refractivity contribution in [2.24, 2.45) is 16.3 Å². The molecule has 0 unspecified atom stereocenters. The van der Waals surface area contributed by atoms with Crippen molar-refractivity contribution in [1.82, 2.24) is 4.57 Å². The van der Waals surface area contributed by atoms with Gasteiger partial charge in [-0.15, -0.1) is 0 Å². The van der Waals surface area contributed by atoms with Crippen molar-refractivity contribution in [1.29, 1.82) is 0 Å². The van der Waals surface area contributed by atoms with Crippen molar-refractivity contribution in [2.45, 2.75) is 76.8 Å². The maximum absolute atomic E-state index is 11.4. The Morgan fingerprint density at radius 1 is 1.19 bits per heavy atom. The highest BCUT2D eigenvalue weighted by Crippen LogP contribution is 2.65. The highest BCUT2D eigenvalue weighted by atomic mass is 16.5. The number of carbonyl (C=O) groups is 1. The van der Waals surface area contributed by atoms with Crippen LogP contribution in [0.5, 0.6) is 0 Å². The number of rotatable bonds is 5. The van der Waals surface area contributed by atoms with E-state index < -0.39 is 5.97 Å². The van der Waals surface area contributed by atoms with E-state index in [0.29, 0.717) is 17.3 Å². The second-order valence-corrected chi connectivity index (χ2v) is 10.4. The molecule has 3 fully saturated rings. The summed E-state index contributed by atoms with van der Waals surface area (Å²) in [4.78, 5) is 15.9. The normalized spacial score (nSPS) is 29.8. The standard InChI is InChI=1S/C26H32N2O3/c1-2-5-28-22-9-18-15-27-14-17(18)8-21(22)23(24(28)16-3-6-31-7-4-16)19-10-26(11-19)12-20(13-26)25(29)30/h8-9,15-16,19-20H,2-7,10-14H2,1H3,(H,29,30). The smallest absolute Gasteiger partial charge is 0.306 e. The summed E-state index contributed by atoms with van der Waals surface area (Å²) in [6.07, 6.45) is 9.44. The molecule has 2 saturated carbocycles. The van der Waals surface area contributed by atoms with E-state index >= 15 is 0 Å². The van der Waals surface area contributed by atoms with Gasteiger partial charge in [-0.1, -0.05) is 6.92 Å². The maximum atomic E-state index is 11.4. The van der Waals surface area contributed by atoms with Crippen molar-refractivity contribution in [2.75, 3.05) is 13.2 Å². The summed E-state index contributed by atoms with van der Waals surface area (Å²) in [5, 5.41) is 10.8. The summed E-state index contributed by atoms with van der Waals surface area (Å²) in [5.74, 6) is 0.411. The molecule has 1 N–H and O–H groups in total. The molecule has 31 heavy (non-hydrogen) atoms. The van der Waals surface area contributed by atoms with Gasteiger partial charge in [0.15, 0.2) is 0 Å². The van der Waals surface area contributed by atoms with Gasteiger partial charge in [-0.05, 0) is 85.1 Å². The van der Waals surface area contributed by atoms with Gasteiger partial charge in [0.05, 0.1) is 12.5 Å². The molecule has 2 aliphatic heterocycles. The van der Waals surface area contributed by atoms with E-state index in [4.69, 9.17) is 4.74 Å². The molecule has 1 saturated heterocycles. The van der Waals surface area contributed by atoms with Crippen LogP contribution in [0.1, 0.15) is 86.1 Å². The van der Waals surface area contributed by atoms with Crippen molar-refractivity contribution >= 4 is 23.1 Å². The van der Waals surface area contributed by atoms with Crippen LogP contribution in [0, 0.1) is 11.3 Å². The summed E-state index contributed by atoms with van der Waals surface area (Å²) in [6.45, 7) is 5.84. The zero-order valence-electron chi connectivity index (χ0n) is 18.4. The number of nitrogens with zero attached hydrogens (tertiary/aromatic N) is 2. The summed E-state index contributed by atoms with van der Waals surface area (Å²) in [6, 6.07) is 4.80. The predicted molar refractivity (Wildman–Crippen MR) is 121 cm³/mol. The van der Waals surface area contributed by atoms with Gasteiger partial charge in [-0.25, -0.2) is 0 Å². The number of aromatic nitrogens is 1. The molecule has 5 heteroatoms. The molecule has 1 aromatic carbocycles. The van der Waals surface area contributed by atoms with Crippen LogP contribution in [0.25, 0.3) is 10.9 Å². The molecule has 1 spiro atoms. The fourth-order valence-corrected chi connectivity index (χ4v) is 6.99. The minimum Gasteiger partial charge on any atom is -0.481 e. The molecule has 0 bridgehead atoms. The zero-order chi connectivity index (χ0) is 21.2. The van der Waals surface area contributed by atoms with Crippen molar-refractivity contribution in [3.8, 4) is 0 Å². The molecule has 1 aromatic heterocycles. The number of aryl methyl sites for hydroxylation is 1. The molecular weight excluding hydrogens is 388 g/mol. The van der Waals surface area contributed by atoms with Gasteiger partial charge in [0.1, 0.15) is 0 Å². The number of ether oxygens (including phenoxy) is 1. The summed E-state index contributed by atoms with van der Waals surface area (Å²) < 4.78 is 8.34. The Hall–Kier alpha value is -2.14. The number of hydrogen-bond acceptors (Lipinski definition) is 3.